The third-order valence-electron chi connectivity index (χ3n) is 5.06. The van der Waals surface area contributed by atoms with E-state index < -0.39 is 0 Å². The maximum absolute atomic E-state index is 12.5. The van der Waals surface area contributed by atoms with Crippen LogP contribution in [-0.2, 0) is 15.1 Å². The van der Waals surface area contributed by atoms with Crippen LogP contribution < -0.4 is 10.6 Å². The normalized spacial score (nSPS) is 23.6. The third-order valence-corrected chi connectivity index (χ3v) is 5.32. The molecule has 1 aromatic rings. The molecule has 23 heavy (non-hydrogen) atoms. The molecule has 3 rings (SSSR count). The number of hydrogen-bond acceptors (Lipinski definition) is 3. The molecule has 0 radical (unpaired) electrons. The third kappa shape index (κ3) is 4.25. The Kier molecular flexibility index (Phi) is 5.57. The van der Waals surface area contributed by atoms with Crippen LogP contribution in [0.4, 0.5) is 0 Å². The Balaban J connectivity index is 1.66. The van der Waals surface area contributed by atoms with Gasteiger partial charge in [-0.3, -0.25) is 4.79 Å². The van der Waals surface area contributed by atoms with Crippen LogP contribution >= 0.6 is 11.6 Å². The molecule has 2 saturated heterocycles. The van der Waals surface area contributed by atoms with Crippen molar-refractivity contribution < 1.29 is 9.53 Å². The van der Waals surface area contributed by atoms with Crippen LogP contribution in [0.1, 0.15) is 37.7 Å². The van der Waals surface area contributed by atoms with E-state index in [0.29, 0.717) is 25.6 Å². The molecule has 1 unspecified atom stereocenters. The highest BCUT2D eigenvalue weighted by Gasteiger charge is 2.35. The van der Waals surface area contributed by atoms with Crippen molar-refractivity contribution in [3.8, 4) is 0 Å². The molecule has 2 fully saturated rings. The van der Waals surface area contributed by atoms with Gasteiger partial charge < -0.3 is 15.4 Å². The van der Waals surface area contributed by atoms with Gasteiger partial charge in [0, 0.05) is 24.7 Å². The maximum Gasteiger partial charge on any atom is 0.220 e. The smallest absolute Gasteiger partial charge is 0.220 e. The molecule has 2 N–H and O–H groups in total. The molecule has 1 amide bonds. The van der Waals surface area contributed by atoms with Gasteiger partial charge in [-0.15, -0.1) is 0 Å². The highest BCUT2D eigenvalue weighted by atomic mass is 35.5. The van der Waals surface area contributed by atoms with Crippen molar-refractivity contribution in [3.63, 3.8) is 0 Å². The molecule has 2 aliphatic rings. The monoisotopic (exact) mass is 336 g/mol. The lowest BCUT2D eigenvalue weighted by Gasteiger charge is -2.38. The first-order chi connectivity index (χ1) is 11.2. The molecule has 0 spiro atoms. The Hall–Kier alpha value is -1.10. The molecule has 0 bridgehead atoms. The Labute approximate surface area is 142 Å². The van der Waals surface area contributed by atoms with Gasteiger partial charge in [-0.25, -0.2) is 0 Å². The van der Waals surface area contributed by atoms with Crippen LogP contribution in [-0.4, -0.2) is 32.2 Å². The van der Waals surface area contributed by atoms with Crippen LogP contribution in [0.3, 0.4) is 0 Å². The average Bonchev–Trinajstić information content (AvgIpc) is 3.08. The summed E-state index contributed by atoms with van der Waals surface area (Å²) in [6.07, 6.45) is 4.37. The van der Waals surface area contributed by atoms with Crippen LogP contribution in [0.2, 0.25) is 5.02 Å². The predicted molar refractivity (Wildman–Crippen MR) is 91.5 cm³/mol. The topological polar surface area (TPSA) is 50.4 Å². The molecular weight excluding hydrogens is 312 g/mol. The lowest BCUT2D eigenvalue weighted by molar-refractivity contribution is -0.124. The lowest BCUT2D eigenvalue weighted by Crippen LogP contribution is -2.49. The van der Waals surface area contributed by atoms with Crippen LogP contribution in [0.25, 0.3) is 0 Å². The molecule has 126 valence electrons. The second kappa shape index (κ2) is 7.65. The van der Waals surface area contributed by atoms with Crippen molar-refractivity contribution >= 4 is 17.5 Å². The van der Waals surface area contributed by atoms with Gasteiger partial charge >= 0.3 is 0 Å². The van der Waals surface area contributed by atoms with Crippen LogP contribution in [0.5, 0.6) is 0 Å². The van der Waals surface area contributed by atoms with E-state index >= 15 is 0 Å². The number of halogens is 1. The van der Waals surface area contributed by atoms with Gasteiger partial charge in [0.05, 0.1) is 5.54 Å². The zero-order chi connectivity index (χ0) is 16.1. The standard InChI is InChI=1S/C18H25ClN2O2/c19-16-4-2-15(3-5-16)18(8-11-23-12-9-18)21-17(22)6-1-14-7-10-20-13-14/h2-5,14,20H,1,6-13H2,(H,21,22). The Morgan fingerprint density at radius 2 is 2.04 bits per heavy atom. The van der Waals surface area contributed by atoms with E-state index in [1.165, 1.54) is 6.42 Å². The summed E-state index contributed by atoms with van der Waals surface area (Å²) in [6, 6.07) is 7.83. The molecule has 1 atom stereocenters. The summed E-state index contributed by atoms with van der Waals surface area (Å²) in [6.45, 7) is 3.48. The van der Waals surface area contributed by atoms with Gasteiger partial charge in [-0.1, -0.05) is 23.7 Å². The quantitative estimate of drug-likeness (QED) is 0.869. The average molecular weight is 337 g/mol. The zero-order valence-electron chi connectivity index (χ0n) is 13.4. The SMILES string of the molecule is O=C(CCC1CCNC1)NC1(c2ccc(Cl)cc2)CCOCC1. The van der Waals surface area contributed by atoms with Gasteiger partial charge in [0.1, 0.15) is 0 Å². The minimum atomic E-state index is -0.312. The van der Waals surface area contributed by atoms with Crippen LogP contribution in [0.15, 0.2) is 24.3 Å². The summed E-state index contributed by atoms with van der Waals surface area (Å²) in [4.78, 5) is 12.5. The van der Waals surface area contributed by atoms with Crippen LogP contribution in [0, 0.1) is 5.92 Å². The summed E-state index contributed by atoms with van der Waals surface area (Å²) >= 11 is 6.01. The molecule has 0 saturated carbocycles. The fraction of sp³-hybridized carbons (Fsp3) is 0.611. The Bertz CT molecular complexity index is 520. The summed E-state index contributed by atoms with van der Waals surface area (Å²) in [7, 11) is 0. The van der Waals surface area contributed by atoms with Crippen molar-refractivity contribution in [3.05, 3.63) is 34.9 Å². The largest absolute Gasteiger partial charge is 0.381 e. The van der Waals surface area contributed by atoms with Crippen molar-refractivity contribution in [2.75, 3.05) is 26.3 Å². The molecule has 1 aromatic carbocycles. The van der Waals surface area contributed by atoms with Crippen molar-refractivity contribution in [1.29, 1.82) is 0 Å². The fourth-order valence-electron chi connectivity index (χ4n) is 3.60. The van der Waals surface area contributed by atoms with Gasteiger partial charge in [0.25, 0.3) is 0 Å². The highest BCUT2D eigenvalue weighted by Crippen LogP contribution is 2.33. The van der Waals surface area contributed by atoms with E-state index in [1.54, 1.807) is 0 Å². The number of nitrogens with one attached hydrogen (secondary N) is 2. The summed E-state index contributed by atoms with van der Waals surface area (Å²) in [5.74, 6) is 0.788. The number of carbonyl (C=O) groups is 1. The fourth-order valence-corrected chi connectivity index (χ4v) is 3.73. The number of rotatable bonds is 5. The van der Waals surface area contributed by atoms with Gasteiger partial charge in [0.15, 0.2) is 0 Å². The number of carbonyl (C=O) groups excluding carboxylic acids is 1. The Morgan fingerprint density at radius 1 is 1.30 bits per heavy atom. The second-order valence-electron chi connectivity index (χ2n) is 6.65. The van der Waals surface area contributed by atoms with Crippen molar-refractivity contribution in [2.24, 2.45) is 5.92 Å². The highest BCUT2D eigenvalue weighted by molar-refractivity contribution is 6.30. The Morgan fingerprint density at radius 3 is 2.70 bits per heavy atom. The molecule has 5 heteroatoms. The summed E-state index contributed by atoms with van der Waals surface area (Å²) in [5.41, 5.74) is 0.814. The predicted octanol–water partition coefficient (Wildman–Crippen LogP) is 2.85. The first-order valence-corrected chi connectivity index (χ1v) is 8.91. The van der Waals surface area contributed by atoms with Gasteiger partial charge in [0.2, 0.25) is 5.91 Å². The number of benzene rings is 1. The minimum Gasteiger partial charge on any atom is -0.381 e. The first-order valence-electron chi connectivity index (χ1n) is 8.53. The second-order valence-corrected chi connectivity index (χ2v) is 7.08. The van der Waals surface area contributed by atoms with E-state index in [-0.39, 0.29) is 11.4 Å². The summed E-state index contributed by atoms with van der Waals surface area (Å²) < 4.78 is 5.51. The van der Waals surface area contributed by atoms with E-state index in [9.17, 15) is 4.79 Å². The molecular formula is C18H25ClN2O2. The first kappa shape index (κ1) is 16.7. The van der Waals surface area contributed by atoms with Crippen molar-refractivity contribution in [2.45, 2.75) is 37.6 Å². The molecule has 2 aliphatic heterocycles. The zero-order valence-corrected chi connectivity index (χ0v) is 14.2. The lowest BCUT2D eigenvalue weighted by atomic mass is 9.82. The molecule has 0 aliphatic carbocycles. The molecule has 4 nitrogen and oxygen atoms in total. The van der Waals surface area contributed by atoms with E-state index in [4.69, 9.17) is 16.3 Å². The number of ether oxygens (including phenoxy) is 1. The minimum absolute atomic E-state index is 0.147. The van der Waals surface area contributed by atoms with E-state index in [2.05, 4.69) is 10.6 Å². The van der Waals surface area contributed by atoms with Gasteiger partial charge in [-0.2, -0.15) is 0 Å². The van der Waals surface area contributed by atoms with E-state index in [0.717, 1.165) is 42.9 Å². The van der Waals surface area contributed by atoms with Gasteiger partial charge in [-0.05, 0) is 62.4 Å². The van der Waals surface area contributed by atoms with E-state index in [1.807, 2.05) is 24.3 Å². The molecule has 2 heterocycles. The van der Waals surface area contributed by atoms with Crippen molar-refractivity contribution in [1.82, 2.24) is 10.6 Å². The maximum atomic E-state index is 12.5. The number of hydrogen-bond donors (Lipinski definition) is 2. The summed E-state index contributed by atoms with van der Waals surface area (Å²) in [5, 5.41) is 7.38. The number of amides is 1. The molecule has 0 aromatic heterocycles.